The summed E-state index contributed by atoms with van der Waals surface area (Å²) >= 11 is 0. The molecule has 2 rings (SSSR count). The van der Waals surface area contributed by atoms with E-state index in [1.165, 1.54) is 63.9 Å². The molecule has 0 aromatic carbocycles. The molecule has 2 aliphatic heterocycles. The van der Waals surface area contributed by atoms with E-state index in [0.717, 1.165) is 18.6 Å². The number of likely N-dealkylation sites (N-methyl/N-ethyl adjacent to an activating group) is 1. The van der Waals surface area contributed by atoms with Crippen LogP contribution in [0.3, 0.4) is 0 Å². The molecular weight excluding hydrogens is 246 g/mol. The number of nitrogens with zero attached hydrogens (tertiary/aromatic N) is 2. The van der Waals surface area contributed by atoms with Crippen molar-refractivity contribution < 1.29 is 0 Å². The lowest BCUT2D eigenvalue weighted by Gasteiger charge is -2.36. The molecule has 3 heteroatoms. The molecule has 20 heavy (non-hydrogen) atoms. The second-order valence-corrected chi connectivity index (χ2v) is 6.89. The van der Waals surface area contributed by atoms with E-state index in [1.807, 2.05) is 0 Å². The summed E-state index contributed by atoms with van der Waals surface area (Å²) < 4.78 is 0. The van der Waals surface area contributed by atoms with Gasteiger partial charge in [-0.25, -0.2) is 0 Å². The number of nitrogens with one attached hydrogen (secondary N) is 1. The first-order chi connectivity index (χ1) is 9.65. The summed E-state index contributed by atoms with van der Waals surface area (Å²) in [6, 6.07) is 1.51. The van der Waals surface area contributed by atoms with Crippen molar-refractivity contribution in [2.24, 2.45) is 0 Å². The van der Waals surface area contributed by atoms with Gasteiger partial charge in [-0.3, -0.25) is 4.90 Å². The Morgan fingerprint density at radius 3 is 2.50 bits per heavy atom. The fraction of sp³-hybridized carbons (Fsp3) is 0.882. The predicted molar refractivity (Wildman–Crippen MR) is 87.2 cm³/mol. The van der Waals surface area contributed by atoms with Crippen molar-refractivity contribution in [1.82, 2.24) is 15.1 Å². The Morgan fingerprint density at radius 2 is 1.85 bits per heavy atom. The third-order valence-corrected chi connectivity index (χ3v) is 4.91. The van der Waals surface area contributed by atoms with Crippen LogP contribution in [0.1, 0.15) is 46.0 Å². The SMILES string of the molecule is CC(C)=CCN1CCC(NCC2CCCCN2C)CC1. The summed E-state index contributed by atoms with van der Waals surface area (Å²) in [5.74, 6) is 0. The zero-order valence-electron chi connectivity index (χ0n) is 13.7. The molecule has 1 atom stereocenters. The highest BCUT2D eigenvalue weighted by Crippen LogP contribution is 2.16. The van der Waals surface area contributed by atoms with Crippen molar-refractivity contribution in [3.63, 3.8) is 0 Å². The minimum absolute atomic E-state index is 0.744. The van der Waals surface area contributed by atoms with Crippen molar-refractivity contribution in [3.8, 4) is 0 Å². The number of hydrogen-bond donors (Lipinski definition) is 1. The zero-order chi connectivity index (χ0) is 14.4. The smallest absolute Gasteiger partial charge is 0.0217 e. The molecule has 0 spiro atoms. The summed E-state index contributed by atoms with van der Waals surface area (Å²) in [6.07, 6.45) is 9.15. The second kappa shape index (κ2) is 8.16. The molecule has 0 radical (unpaired) electrons. The minimum Gasteiger partial charge on any atom is -0.312 e. The maximum Gasteiger partial charge on any atom is 0.0217 e. The topological polar surface area (TPSA) is 18.5 Å². The summed E-state index contributed by atoms with van der Waals surface area (Å²) in [5, 5.41) is 3.82. The molecule has 1 unspecified atom stereocenters. The van der Waals surface area contributed by atoms with Gasteiger partial charge in [-0.2, -0.15) is 0 Å². The third kappa shape index (κ3) is 5.19. The van der Waals surface area contributed by atoms with Crippen LogP contribution in [0.25, 0.3) is 0 Å². The van der Waals surface area contributed by atoms with Crippen molar-refractivity contribution in [2.75, 3.05) is 39.8 Å². The molecule has 116 valence electrons. The second-order valence-electron chi connectivity index (χ2n) is 6.89. The standard InChI is InChI=1S/C17H33N3/c1-15(2)7-11-20-12-8-16(9-13-20)18-14-17-6-4-5-10-19(17)3/h7,16-18H,4-6,8-14H2,1-3H3. The van der Waals surface area contributed by atoms with Crippen molar-refractivity contribution in [1.29, 1.82) is 0 Å². The minimum atomic E-state index is 0.744. The monoisotopic (exact) mass is 279 g/mol. The average molecular weight is 279 g/mol. The average Bonchev–Trinajstić information content (AvgIpc) is 2.45. The largest absolute Gasteiger partial charge is 0.312 e. The molecule has 2 aliphatic rings. The lowest BCUT2D eigenvalue weighted by Crippen LogP contribution is -2.48. The Morgan fingerprint density at radius 1 is 1.10 bits per heavy atom. The molecular formula is C17H33N3. The van der Waals surface area contributed by atoms with Crippen LogP contribution in [0.5, 0.6) is 0 Å². The molecule has 0 bridgehead atoms. The summed E-state index contributed by atoms with van der Waals surface area (Å²) in [6.45, 7) is 10.5. The number of allylic oxidation sites excluding steroid dienone is 1. The maximum absolute atomic E-state index is 3.82. The van der Waals surface area contributed by atoms with Crippen molar-refractivity contribution >= 4 is 0 Å². The van der Waals surface area contributed by atoms with E-state index >= 15 is 0 Å². The Kier molecular flexibility index (Phi) is 6.53. The molecule has 3 nitrogen and oxygen atoms in total. The fourth-order valence-corrected chi connectivity index (χ4v) is 3.34. The zero-order valence-corrected chi connectivity index (χ0v) is 13.7. The summed E-state index contributed by atoms with van der Waals surface area (Å²) in [7, 11) is 2.29. The van der Waals surface area contributed by atoms with Gasteiger partial charge in [0, 0.05) is 25.2 Å². The third-order valence-electron chi connectivity index (χ3n) is 4.91. The first kappa shape index (κ1) is 16.0. The normalized spacial score (nSPS) is 26.6. The Hall–Kier alpha value is -0.380. The van der Waals surface area contributed by atoms with E-state index < -0.39 is 0 Å². The van der Waals surface area contributed by atoms with Gasteiger partial charge in [0.05, 0.1) is 0 Å². The lowest BCUT2D eigenvalue weighted by molar-refractivity contribution is 0.163. The fourth-order valence-electron chi connectivity index (χ4n) is 3.34. The molecule has 2 fully saturated rings. The lowest BCUT2D eigenvalue weighted by atomic mass is 10.0. The van der Waals surface area contributed by atoms with Crippen molar-refractivity contribution in [3.05, 3.63) is 11.6 Å². The molecule has 2 heterocycles. The van der Waals surface area contributed by atoms with Crippen LogP contribution in [0, 0.1) is 0 Å². The highest BCUT2D eigenvalue weighted by atomic mass is 15.2. The molecule has 2 saturated heterocycles. The van der Waals surface area contributed by atoms with Gasteiger partial charge in [0.15, 0.2) is 0 Å². The molecule has 0 amide bonds. The van der Waals surface area contributed by atoms with E-state index in [1.54, 1.807) is 0 Å². The number of likely N-dealkylation sites (tertiary alicyclic amines) is 2. The van der Waals surface area contributed by atoms with Gasteiger partial charge in [-0.1, -0.05) is 18.1 Å². The van der Waals surface area contributed by atoms with Crippen LogP contribution in [0.15, 0.2) is 11.6 Å². The first-order valence-corrected chi connectivity index (χ1v) is 8.44. The van der Waals surface area contributed by atoms with Crippen LogP contribution < -0.4 is 5.32 Å². The predicted octanol–water partition coefficient (Wildman–Crippen LogP) is 2.49. The van der Waals surface area contributed by atoms with Gasteiger partial charge < -0.3 is 10.2 Å². The molecule has 0 aromatic heterocycles. The van der Waals surface area contributed by atoms with Gasteiger partial charge in [0.25, 0.3) is 0 Å². The number of hydrogen-bond acceptors (Lipinski definition) is 3. The summed E-state index contributed by atoms with van der Waals surface area (Å²) in [5.41, 5.74) is 1.44. The molecule has 0 aromatic rings. The van der Waals surface area contributed by atoms with Crippen molar-refractivity contribution in [2.45, 2.75) is 58.0 Å². The Labute approximate surface area is 125 Å². The van der Waals surface area contributed by atoms with E-state index in [2.05, 4.69) is 42.1 Å². The van der Waals surface area contributed by atoms with Gasteiger partial charge in [0.2, 0.25) is 0 Å². The van der Waals surface area contributed by atoms with Crippen LogP contribution in [0.4, 0.5) is 0 Å². The maximum atomic E-state index is 3.82. The van der Waals surface area contributed by atoms with Gasteiger partial charge in [-0.05, 0) is 66.2 Å². The van der Waals surface area contributed by atoms with E-state index in [-0.39, 0.29) is 0 Å². The number of piperidine rings is 2. The molecule has 0 saturated carbocycles. The van der Waals surface area contributed by atoms with Crippen LogP contribution in [-0.2, 0) is 0 Å². The van der Waals surface area contributed by atoms with Gasteiger partial charge in [-0.15, -0.1) is 0 Å². The van der Waals surface area contributed by atoms with E-state index in [4.69, 9.17) is 0 Å². The van der Waals surface area contributed by atoms with E-state index in [9.17, 15) is 0 Å². The number of rotatable bonds is 5. The quantitative estimate of drug-likeness (QED) is 0.780. The van der Waals surface area contributed by atoms with Crippen LogP contribution in [0.2, 0.25) is 0 Å². The summed E-state index contributed by atoms with van der Waals surface area (Å²) in [4.78, 5) is 5.12. The molecule has 1 N–H and O–H groups in total. The molecule has 0 aliphatic carbocycles. The highest BCUT2D eigenvalue weighted by Gasteiger charge is 2.22. The van der Waals surface area contributed by atoms with Crippen LogP contribution in [-0.4, -0.2) is 61.7 Å². The first-order valence-electron chi connectivity index (χ1n) is 8.44. The van der Waals surface area contributed by atoms with Crippen LogP contribution >= 0.6 is 0 Å². The Bertz CT molecular complexity index is 301. The van der Waals surface area contributed by atoms with E-state index in [0.29, 0.717) is 0 Å². The van der Waals surface area contributed by atoms with Gasteiger partial charge in [0.1, 0.15) is 0 Å². The Balaban J connectivity index is 1.63. The van der Waals surface area contributed by atoms with Gasteiger partial charge >= 0.3 is 0 Å². The highest BCUT2D eigenvalue weighted by molar-refractivity contribution is 4.95.